The Bertz CT molecular complexity index is 1590. The molecule has 1 atom stereocenters. The van der Waals surface area contributed by atoms with E-state index >= 15 is 0 Å². The zero-order valence-corrected chi connectivity index (χ0v) is 19.5. The quantitative estimate of drug-likeness (QED) is 0.287. The lowest BCUT2D eigenvalue weighted by atomic mass is 9.81. The number of Topliss-reactive ketones (excluding diaryl/α,β-unsaturated/α-hetero) is 1. The molecule has 6 rings (SSSR count). The lowest BCUT2D eigenvalue weighted by molar-refractivity contribution is 0.0603. The smallest absolute Gasteiger partial charge is 0.338 e. The van der Waals surface area contributed by atoms with Crippen molar-refractivity contribution in [3.05, 3.63) is 119 Å². The lowest BCUT2D eigenvalue weighted by Gasteiger charge is -2.24. The molecule has 35 heavy (non-hydrogen) atoms. The first-order valence-electron chi connectivity index (χ1n) is 11.9. The van der Waals surface area contributed by atoms with Crippen molar-refractivity contribution in [2.45, 2.75) is 25.3 Å². The maximum Gasteiger partial charge on any atom is 0.338 e. The number of esters is 1. The van der Waals surface area contributed by atoms with Crippen LogP contribution >= 0.6 is 0 Å². The van der Waals surface area contributed by atoms with E-state index in [4.69, 9.17) is 4.74 Å². The highest BCUT2D eigenvalue weighted by Crippen LogP contribution is 2.40. The van der Waals surface area contributed by atoms with E-state index in [-0.39, 0.29) is 11.7 Å². The molecular weight excluding hydrogens is 434 g/mol. The van der Waals surface area contributed by atoms with Crippen molar-refractivity contribution in [1.82, 2.24) is 4.57 Å². The highest BCUT2D eigenvalue weighted by molar-refractivity contribution is 6.17. The lowest BCUT2D eigenvalue weighted by Crippen LogP contribution is -2.21. The van der Waals surface area contributed by atoms with Crippen LogP contribution in [0.2, 0.25) is 0 Å². The second kappa shape index (κ2) is 8.55. The number of aromatic nitrogens is 1. The van der Waals surface area contributed by atoms with Gasteiger partial charge in [0.1, 0.15) is 0 Å². The summed E-state index contributed by atoms with van der Waals surface area (Å²) in [7, 11) is 1.38. The van der Waals surface area contributed by atoms with E-state index in [1.165, 1.54) is 29.0 Å². The average Bonchev–Trinajstić information content (AvgIpc) is 3.23. The molecule has 0 saturated carbocycles. The normalized spacial score (nSPS) is 15.3. The van der Waals surface area contributed by atoms with Crippen LogP contribution < -0.4 is 0 Å². The summed E-state index contributed by atoms with van der Waals surface area (Å²) in [6, 6.07) is 30.6. The zero-order chi connectivity index (χ0) is 23.9. The number of ether oxygens (including phenoxy) is 1. The van der Waals surface area contributed by atoms with Gasteiger partial charge in [-0.15, -0.1) is 0 Å². The molecule has 4 heteroatoms. The van der Waals surface area contributed by atoms with Crippen molar-refractivity contribution < 1.29 is 14.3 Å². The van der Waals surface area contributed by atoms with Gasteiger partial charge in [-0.2, -0.15) is 0 Å². The number of carbonyl (C=O) groups is 2. The van der Waals surface area contributed by atoms with E-state index < -0.39 is 5.97 Å². The van der Waals surface area contributed by atoms with Crippen molar-refractivity contribution in [2.75, 3.05) is 7.11 Å². The molecule has 4 nitrogen and oxygen atoms in total. The largest absolute Gasteiger partial charge is 0.465 e. The predicted octanol–water partition coefficient (Wildman–Crippen LogP) is 6.54. The van der Waals surface area contributed by atoms with Gasteiger partial charge in [0.25, 0.3) is 0 Å². The van der Waals surface area contributed by atoms with Crippen molar-refractivity contribution in [2.24, 2.45) is 0 Å². The number of rotatable bonds is 4. The molecule has 0 amide bonds. The highest BCUT2D eigenvalue weighted by Gasteiger charge is 2.34. The number of hydrogen-bond acceptors (Lipinski definition) is 3. The third kappa shape index (κ3) is 3.53. The van der Waals surface area contributed by atoms with Gasteiger partial charge in [-0.1, -0.05) is 78.9 Å². The Labute approximate surface area is 203 Å². The van der Waals surface area contributed by atoms with Gasteiger partial charge in [0.05, 0.1) is 18.2 Å². The molecule has 0 N–H and O–H groups in total. The van der Waals surface area contributed by atoms with Crippen LogP contribution in [0.3, 0.4) is 0 Å². The summed E-state index contributed by atoms with van der Waals surface area (Å²) in [5.41, 5.74) is 5.36. The van der Waals surface area contributed by atoms with Crippen LogP contribution in [0.5, 0.6) is 0 Å². The standard InChI is InChI=1S/C31H25NO3/c1-35-31(34)25-15-8-16-26-29(25)30-27(17-23(18-28(30)33)20-9-3-2-4-10-20)32(26)19-22-13-7-12-21-11-5-6-14-24(21)22/h2-16,23H,17-19H2,1H3. The van der Waals surface area contributed by atoms with Crippen LogP contribution in [0, 0.1) is 0 Å². The summed E-state index contributed by atoms with van der Waals surface area (Å²) in [5.74, 6) is -0.231. The molecule has 0 radical (unpaired) electrons. The maximum atomic E-state index is 13.7. The fourth-order valence-corrected chi connectivity index (χ4v) is 5.62. The van der Waals surface area contributed by atoms with Gasteiger partial charge in [0.2, 0.25) is 0 Å². The molecule has 1 heterocycles. The molecule has 1 aliphatic carbocycles. The molecule has 5 aromatic rings. The minimum absolute atomic E-state index is 0.0816. The van der Waals surface area contributed by atoms with Gasteiger partial charge in [0, 0.05) is 29.6 Å². The second-order valence-corrected chi connectivity index (χ2v) is 9.18. The van der Waals surface area contributed by atoms with E-state index in [0.29, 0.717) is 29.5 Å². The highest BCUT2D eigenvalue weighted by atomic mass is 16.5. The predicted molar refractivity (Wildman–Crippen MR) is 138 cm³/mol. The molecule has 0 aliphatic heterocycles. The van der Waals surface area contributed by atoms with Crippen LogP contribution in [-0.4, -0.2) is 23.4 Å². The molecular formula is C31H25NO3. The van der Waals surface area contributed by atoms with Gasteiger partial charge in [-0.25, -0.2) is 4.79 Å². The fourth-order valence-electron chi connectivity index (χ4n) is 5.62. The van der Waals surface area contributed by atoms with Gasteiger partial charge in [-0.3, -0.25) is 4.79 Å². The van der Waals surface area contributed by atoms with E-state index in [0.717, 1.165) is 17.6 Å². The molecule has 0 saturated heterocycles. The summed E-state index contributed by atoms with van der Waals surface area (Å²) < 4.78 is 7.33. The van der Waals surface area contributed by atoms with E-state index in [1.807, 2.05) is 36.4 Å². The Kier molecular flexibility index (Phi) is 5.22. The topological polar surface area (TPSA) is 48.3 Å². The first kappa shape index (κ1) is 21.4. The number of benzene rings is 4. The van der Waals surface area contributed by atoms with Crippen molar-refractivity contribution in [3.8, 4) is 0 Å². The van der Waals surface area contributed by atoms with Crippen molar-refractivity contribution in [3.63, 3.8) is 0 Å². The summed E-state index contributed by atoms with van der Waals surface area (Å²) >= 11 is 0. The molecule has 1 aliphatic rings. The first-order valence-corrected chi connectivity index (χ1v) is 11.9. The molecule has 0 fully saturated rings. The minimum atomic E-state index is -0.418. The summed E-state index contributed by atoms with van der Waals surface area (Å²) in [6.45, 7) is 0.618. The Morgan fingerprint density at radius 1 is 0.886 bits per heavy atom. The number of carbonyl (C=O) groups excluding carboxylic acids is 2. The average molecular weight is 460 g/mol. The Morgan fingerprint density at radius 2 is 1.63 bits per heavy atom. The van der Waals surface area contributed by atoms with Crippen molar-refractivity contribution >= 4 is 33.4 Å². The zero-order valence-electron chi connectivity index (χ0n) is 19.5. The molecule has 172 valence electrons. The number of hydrogen-bond donors (Lipinski definition) is 0. The van der Waals surface area contributed by atoms with E-state index in [1.54, 1.807) is 6.07 Å². The Hall–Kier alpha value is -4.18. The monoisotopic (exact) mass is 459 g/mol. The Morgan fingerprint density at radius 3 is 2.46 bits per heavy atom. The molecule has 1 aromatic heterocycles. The minimum Gasteiger partial charge on any atom is -0.465 e. The molecule has 4 aromatic carbocycles. The van der Waals surface area contributed by atoms with Crippen LogP contribution in [0.15, 0.2) is 91.0 Å². The summed E-state index contributed by atoms with van der Waals surface area (Å²) in [5, 5.41) is 3.09. The van der Waals surface area contributed by atoms with Gasteiger partial charge in [0.15, 0.2) is 5.78 Å². The first-order chi connectivity index (χ1) is 17.2. The second-order valence-electron chi connectivity index (χ2n) is 9.18. The number of nitrogens with zero attached hydrogens (tertiary/aromatic N) is 1. The maximum absolute atomic E-state index is 13.7. The van der Waals surface area contributed by atoms with Gasteiger partial charge < -0.3 is 9.30 Å². The van der Waals surface area contributed by atoms with Gasteiger partial charge in [-0.05, 0) is 46.4 Å². The number of methoxy groups -OCH3 is 1. The molecule has 1 unspecified atom stereocenters. The summed E-state index contributed by atoms with van der Waals surface area (Å²) in [6.07, 6.45) is 1.17. The van der Waals surface area contributed by atoms with E-state index in [9.17, 15) is 9.59 Å². The van der Waals surface area contributed by atoms with Crippen LogP contribution in [0.25, 0.3) is 21.7 Å². The molecule has 0 bridgehead atoms. The third-order valence-electron chi connectivity index (χ3n) is 7.23. The van der Waals surface area contributed by atoms with Crippen LogP contribution in [0.1, 0.15) is 49.9 Å². The SMILES string of the molecule is COC(=O)c1cccc2c1c1c(n2Cc2cccc3ccccc23)CC(c2ccccc2)CC1=O. The molecule has 0 spiro atoms. The number of fused-ring (bicyclic) bond motifs is 4. The van der Waals surface area contributed by atoms with Crippen LogP contribution in [-0.2, 0) is 17.7 Å². The van der Waals surface area contributed by atoms with E-state index in [2.05, 4.69) is 53.1 Å². The third-order valence-corrected chi connectivity index (χ3v) is 7.23. The van der Waals surface area contributed by atoms with Crippen molar-refractivity contribution in [1.29, 1.82) is 0 Å². The van der Waals surface area contributed by atoms with Gasteiger partial charge >= 0.3 is 5.97 Å². The fraction of sp³-hybridized carbons (Fsp3) is 0.161. The van der Waals surface area contributed by atoms with Crippen LogP contribution in [0.4, 0.5) is 0 Å². The number of ketones is 1. The Balaban J connectivity index is 1.59. The summed E-state index contributed by atoms with van der Waals surface area (Å²) in [4.78, 5) is 26.4.